The second kappa shape index (κ2) is 6.20. The van der Waals surface area contributed by atoms with Crippen LogP contribution in [-0.4, -0.2) is 43.8 Å². The van der Waals surface area contributed by atoms with E-state index in [4.69, 9.17) is 16.3 Å². The van der Waals surface area contributed by atoms with Crippen LogP contribution in [0.4, 0.5) is 11.8 Å². The van der Waals surface area contributed by atoms with Crippen molar-refractivity contribution >= 4 is 23.4 Å². The van der Waals surface area contributed by atoms with E-state index < -0.39 is 0 Å². The number of aromatic nitrogens is 2. The summed E-state index contributed by atoms with van der Waals surface area (Å²) < 4.78 is 5.37. The standard InChI is InChI=1S/C12H19ClN4O/c1-14-12-15-7-10(13)11(16-12)17(2)8-9-3-5-18-6-4-9/h7,9H,3-6,8H2,1-2H3,(H,14,15,16). The normalized spacial score (nSPS) is 16.6. The molecule has 100 valence electrons. The lowest BCUT2D eigenvalue weighted by Crippen LogP contribution is -2.30. The highest BCUT2D eigenvalue weighted by molar-refractivity contribution is 6.32. The molecule has 1 aliphatic rings. The minimum atomic E-state index is 0.587. The van der Waals surface area contributed by atoms with Crippen molar-refractivity contribution in [3.8, 4) is 0 Å². The molecule has 5 nitrogen and oxygen atoms in total. The minimum Gasteiger partial charge on any atom is -0.381 e. The van der Waals surface area contributed by atoms with Crippen LogP contribution < -0.4 is 10.2 Å². The molecule has 0 saturated carbocycles. The van der Waals surface area contributed by atoms with E-state index in [9.17, 15) is 0 Å². The summed E-state index contributed by atoms with van der Waals surface area (Å²) >= 11 is 6.15. The maximum absolute atomic E-state index is 6.15. The minimum absolute atomic E-state index is 0.587. The van der Waals surface area contributed by atoms with E-state index >= 15 is 0 Å². The van der Waals surface area contributed by atoms with Crippen LogP contribution in [0.15, 0.2) is 6.20 Å². The Kier molecular flexibility index (Phi) is 4.60. The lowest BCUT2D eigenvalue weighted by atomic mass is 10.00. The zero-order valence-electron chi connectivity index (χ0n) is 10.8. The van der Waals surface area contributed by atoms with Gasteiger partial charge in [-0.15, -0.1) is 0 Å². The molecular weight excluding hydrogens is 252 g/mol. The van der Waals surface area contributed by atoms with Crippen molar-refractivity contribution in [1.29, 1.82) is 0 Å². The van der Waals surface area contributed by atoms with Gasteiger partial charge < -0.3 is 15.0 Å². The van der Waals surface area contributed by atoms with Crippen LogP contribution in [0.25, 0.3) is 0 Å². The number of halogens is 1. The molecule has 0 bridgehead atoms. The van der Waals surface area contributed by atoms with E-state index in [1.807, 2.05) is 7.05 Å². The molecule has 2 rings (SSSR count). The summed E-state index contributed by atoms with van der Waals surface area (Å²) in [7, 11) is 3.81. The number of ether oxygens (including phenoxy) is 1. The van der Waals surface area contributed by atoms with Gasteiger partial charge in [0.2, 0.25) is 5.95 Å². The third-order valence-corrected chi connectivity index (χ3v) is 3.45. The van der Waals surface area contributed by atoms with Crippen molar-refractivity contribution in [3.63, 3.8) is 0 Å². The van der Waals surface area contributed by atoms with E-state index in [1.54, 1.807) is 13.2 Å². The fourth-order valence-corrected chi connectivity index (χ4v) is 2.38. The lowest BCUT2D eigenvalue weighted by Gasteiger charge is -2.28. The third-order valence-electron chi connectivity index (χ3n) is 3.18. The number of hydrogen-bond acceptors (Lipinski definition) is 5. The Bertz CT molecular complexity index is 396. The van der Waals surface area contributed by atoms with E-state index in [-0.39, 0.29) is 0 Å². The molecule has 1 aromatic rings. The van der Waals surface area contributed by atoms with Crippen molar-refractivity contribution in [2.75, 3.05) is 44.1 Å². The molecule has 0 atom stereocenters. The second-order valence-corrected chi connectivity index (χ2v) is 4.96. The van der Waals surface area contributed by atoms with Gasteiger partial charge in [0.25, 0.3) is 0 Å². The van der Waals surface area contributed by atoms with Gasteiger partial charge in [-0.2, -0.15) is 4.98 Å². The molecule has 0 aliphatic carbocycles. The molecular formula is C12H19ClN4O. The van der Waals surface area contributed by atoms with Gasteiger partial charge in [-0.3, -0.25) is 0 Å². The topological polar surface area (TPSA) is 50.3 Å². The van der Waals surface area contributed by atoms with Crippen molar-refractivity contribution < 1.29 is 4.74 Å². The Labute approximate surface area is 113 Å². The van der Waals surface area contributed by atoms with Crippen molar-refractivity contribution in [3.05, 3.63) is 11.2 Å². The third kappa shape index (κ3) is 3.23. The summed E-state index contributed by atoms with van der Waals surface area (Å²) in [5.41, 5.74) is 0. The highest BCUT2D eigenvalue weighted by atomic mass is 35.5. The van der Waals surface area contributed by atoms with Crippen LogP contribution in [0.5, 0.6) is 0 Å². The Balaban J connectivity index is 2.04. The summed E-state index contributed by atoms with van der Waals surface area (Å²) in [5, 5.41) is 3.51. The maximum atomic E-state index is 6.15. The molecule has 1 aromatic heterocycles. The molecule has 0 aromatic carbocycles. The predicted molar refractivity (Wildman–Crippen MR) is 73.4 cm³/mol. The molecule has 1 N–H and O–H groups in total. The fraction of sp³-hybridized carbons (Fsp3) is 0.667. The van der Waals surface area contributed by atoms with E-state index in [1.165, 1.54) is 0 Å². The van der Waals surface area contributed by atoms with Crippen molar-refractivity contribution in [2.24, 2.45) is 5.92 Å². The molecule has 18 heavy (non-hydrogen) atoms. The first-order valence-electron chi connectivity index (χ1n) is 6.20. The zero-order valence-corrected chi connectivity index (χ0v) is 11.6. The van der Waals surface area contributed by atoms with Gasteiger partial charge in [0.05, 0.1) is 6.20 Å². The van der Waals surface area contributed by atoms with Gasteiger partial charge in [-0.05, 0) is 18.8 Å². The summed E-state index contributed by atoms with van der Waals surface area (Å²) in [4.78, 5) is 10.6. The Morgan fingerprint density at radius 2 is 2.22 bits per heavy atom. The summed E-state index contributed by atoms with van der Waals surface area (Å²) in [6.07, 6.45) is 3.84. The molecule has 1 aliphatic heterocycles. The summed E-state index contributed by atoms with van der Waals surface area (Å²) in [6, 6.07) is 0. The Morgan fingerprint density at radius 1 is 1.50 bits per heavy atom. The fourth-order valence-electron chi connectivity index (χ4n) is 2.15. The smallest absolute Gasteiger partial charge is 0.224 e. The van der Waals surface area contributed by atoms with Gasteiger partial charge in [-0.1, -0.05) is 11.6 Å². The Hall–Kier alpha value is -1.07. The number of rotatable bonds is 4. The second-order valence-electron chi connectivity index (χ2n) is 4.55. The predicted octanol–water partition coefficient (Wildman–Crippen LogP) is 2.03. The van der Waals surface area contributed by atoms with Crippen molar-refractivity contribution in [1.82, 2.24) is 9.97 Å². The van der Waals surface area contributed by atoms with Gasteiger partial charge in [0, 0.05) is 33.9 Å². The number of nitrogens with zero attached hydrogens (tertiary/aromatic N) is 3. The highest BCUT2D eigenvalue weighted by Gasteiger charge is 2.18. The first kappa shape index (κ1) is 13.4. The average molecular weight is 271 g/mol. The van der Waals surface area contributed by atoms with Crippen LogP contribution in [0, 0.1) is 5.92 Å². The largest absolute Gasteiger partial charge is 0.381 e. The van der Waals surface area contributed by atoms with Crippen LogP contribution in [0.1, 0.15) is 12.8 Å². The summed E-state index contributed by atoms with van der Waals surface area (Å²) in [6.45, 7) is 2.67. The van der Waals surface area contributed by atoms with E-state index in [2.05, 4.69) is 20.2 Å². The summed E-state index contributed by atoms with van der Waals surface area (Å²) in [5.74, 6) is 2.02. The van der Waals surface area contributed by atoms with Crippen LogP contribution in [0.3, 0.4) is 0 Å². The van der Waals surface area contributed by atoms with E-state index in [0.717, 1.165) is 38.4 Å². The quantitative estimate of drug-likeness (QED) is 0.907. The van der Waals surface area contributed by atoms with Crippen LogP contribution in [-0.2, 0) is 4.74 Å². The van der Waals surface area contributed by atoms with Gasteiger partial charge in [-0.25, -0.2) is 4.98 Å². The number of nitrogens with one attached hydrogen (secondary N) is 1. The maximum Gasteiger partial charge on any atom is 0.224 e. The number of anilines is 2. The number of hydrogen-bond donors (Lipinski definition) is 1. The molecule has 6 heteroatoms. The molecule has 2 heterocycles. The molecule has 0 amide bonds. The molecule has 0 spiro atoms. The first-order valence-corrected chi connectivity index (χ1v) is 6.57. The lowest BCUT2D eigenvalue weighted by molar-refractivity contribution is 0.0685. The Morgan fingerprint density at radius 3 is 2.89 bits per heavy atom. The van der Waals surface area contributed by atoms with Crippen molar-refractivity contribution in [2.45, 2.75) is 12.8 Å². The molecule has 0 radical (unpaired) electrons. The van der Waals surface area contributed by atoms with Crippen LogP contribution in [0.2, 0.25) is 5.02 Å². The average Bonchev–Trinajstić information content (AvgIpc) is 2.40. The van der Waals surface area contributed by atoms with Gasteiger partial charge >= 0.3 is 0 Å². The van der Waals surface area contributed by atoms with Gasteiger partial charge in [0.1, 0.15) is 5.02 Å². The molecule has 1 fully saturated rings. The molecule has 0 unspecified atom stereocenters. The monoisotopic (exact) mass is 270 g/mol. The van der Waals surface area contributed by atoms with E-state index in [0.29, 0.717) is 16.9 Å². The first-order chi connectivity index (χ1) is 8.70. The SMILES string of the molecule is CNc1ncc(Cl)c(N(C)CC2CCOCC2)n1. The zero-order chi connectivity index (χ0) is 13.0. The molecule has 1 saturated heterocycles. The van der Waals surface area contributed by atoms with Crippen LogP contribution >= 0.6 is 11.6 Å². The highest BCUT2D eigenvalue weighted by Crippen LogP contribution is 2.25. The van der Waals surface area contributed by atoms with Gasteiger partial charge in [0.15, 0.2) is 5.82 Å².